The van der Waals surface area contributed by atoms with Crippen molar-refractivity contribution in [1.29, 1.82) is 0 Å². The van der Waals surface area contributed by atoms with Crippen molar-refractivity contribution in [2.24, 2.45) is 0 Å². The van der Waals surface area contributed by atoms with E-state index in [-0.39, 0.29) is 0 Å². The molecule has 0 aliphatic rings. The lowest BCUT2D eigenvalue weighted by atomic mass is 10.1. The molecule has 0 aliphatic carbocycles. The summed E-state index contributed by atoms with van der Waals surface area (Å²) in [6.45, 7) is 6.96. The Kier molecular flexibility index (Phi) is 5.29. The summed E-state index contributed by atoms with van der Waals surface area (Å²) in [5, 5.41) is 3.11. The molecule has 1 aromatic carbocycles. The van der Waals surface area contributed by atoms with Crippen molar-refractivity contribution in [2.75, 3.05) is 24.1 Å². The van der Waals surface area contributed by atoms with Crippen molar-refractivity contribution in [1.82, 2.24) is 5.32 Å². The van der Waals surface area contributed by atoms with Gasteiger partial charge in [-0.25, -0.2) is 0 Å². The number of nitrogens with one attached hydrogen (secondary N) is 2. The van der Waals surface area contributed by atoms with E-state index in [1.54, 1.807) is 11.9 Å². The van der Waals surface area contributed by atoms with E-state index >= 15 is 0 Å². The highest BCUT2D eigenvalue weighted by atomic mass is 32.2. The maximum Gasteiger partial charge on any atom is 0.0446 e. The van der Waals surface area contributed by atoms with Crippen LogP contribution < -0.4 is 10.0 Å². The summed E-state index contributed by atoms with van der Waals surface area (Å²) in [6, 6.07) is 8.31. The first-order chi connectivity index (χ1) is 7.24. The Morgan fingerprint density at radius 2 is 2.27 bits per heavy atom. The number of allylic oxidation sites excluding steroid dienone is 1. The fourth-order valence-electron chi connectivity index (χ4n) is 1.14. The maximum absolute atomic E-state index is 3.93. The van der Waals surface area contributed by atoms with Gasteiger partial charge in [-0.05, 0) is 31.7 Å². The largest absolute Gasteiger partial charge is 0.330 e. The average molecular weight is 222 g/mol. The molecule has 2 nitrogen and oxygen atoms in total. The molecule has 0 saturated heterocycles. The van der Waals surface area contributed by atoms with Crippen molar-refractivity contribution >= 4 is 23.2 Å². The molecule has 82 valence electrons. The van der Waals surface area contributed by atoms with Crippen LogP contribution in [0.1, 0.15) is 12.5 Å². The molecule has 0 radical (unpaired) electrons. The minimum Gasteiger partial charge on any atom is -0.330 e. The van der Waals surface area contributed by atoms with Crippen LogP contribution in [0.25, 0.3) is 5.57 Å². The van der Waals surface area contributed by atoms with Crippen LogP contribution >= 0.6 is 11.9 Å². The third kappa shape index (κ3) is 4.40. The molecule has 0 aromatic heterocycles. The maximum atomic E-state index is 3.93. The molecule has 3 heteroatoms. The molecular formula is C12H18N2S. The van der Waals surface area contributed by atoms with Gasteiger partial charge in [-0.2, -0.15) is 0 Å². The van der Waals surface area contributed by atoms with Crippen molar-refractivity contribution < 1.29 is 0 Å². The molecule has 0 atom stereocenters. The molecule has 1 aromatic rings. The van der Waals surface area contributed by atoms with E-state index in [1.165, 1.54) is 5.56 Å². The molecule has 0 saturated carbocycles. The van der Waals surface area contributed by atoms with Gasteiger partial charge in [-0.15, -0.1) is 0 Å². The predicted molar refractivity (Wildman–Crippen MR) is 71.2 cm³/mol. The van der Waals surface area contributed by atoms with Gasteiger partial charge in [-0.1, -0.05) is 36.2 Å². The molecule has 15 heavy (non-hydrogen) atoms. The molecule has 1 rings (SSSR count). The Balaban J connectivity index is 2.47. The summed E-state index contributed by atoms with van der Waals surface area (Å²) in [6.07, 6.45) is 0. The predicted octanol–water partition coefficient (Wildman–Crippen LogP) is 3.00. The molecule has 0 aliphatic heterocycles. The summed E-state index contributed by atoms with van der Waals surface area (Å²) in [7, 11) is 1.96. The van der Waals surface area contributed by atoms with Crippen LogP contribution in [0, 0.1) is 0 Å². The summed E-state index contributed by atoms with van der Waals surface area (Å²) >= 11 is 1.71. The second kappa shape index (κ2) is 6.53. The topological polar surface area (TPSA) is 24.1 Å². The third-order valence-corrected chi connectivity index (χ3v) is 2.79. The molecule has 0 bridgehead atoms. The number of anilines is 1. The van der Waals surface area contributed by atoms with E-state index in [1.807, 2.05) is 20.0 Å². The smallest absolute Gasteiger partial charge is 0.0446 e. The number of rotatable bonds is 6. The van der Waals surface area contributed by atoms with E-state index in [0.29, 0.717) is 0 Å². The Hall–Kier alpha value is -0.930. The normalized spacial score (nSPS) is 10.0. The molecule has 2 N–H and O–H groups in total. The van der Waals surface area contributed by atoms with Gasteiger partial charge in [0.1, 0.15) is 0 Å². The lowest BCUT2D eigenvalue weighted by molar-refractivity contribution is 0.872. The number of benzene rings is 1. The first-order valence-electron chi connectivity index (χ1n) is 5.02. The minimum atomic E-state index is 1.01. The van der Waals surface area contributed by atoms with Gasteiger partial charge >= 0.3 is 0 Å². The van der Waals surface area contributed by atoms with Gasteiger partial charge in [-0.3, -0.25) is 0 Å². The summed E-state index contributed by atoms with van der Waals surface area (Å²) < 4.78 is 3.31. The quantitative estimate of drug-likeness (QED) is 0.571. The molecule has 0 spiro atoms. The Labute approximate surface area is 96.3 Å². The van der Waals surface area contributed by atoms with Crippen molar-refractivity contribution in [3.63, 3.8) is 0 Å². The van der Waals surface area contributed by atoms with E-state index in [0.717, 1.165) is 23.6 Å². The summed E-state index contributed by atoms with van der Waals surface area (Å²) in [4.78, 5) is 0. The van der Waals surface area contributed by atoms with Crippen LogP contribution in [0.15, 0.2) is 30.8 Å². The number of hydrogen-bond donors (Lipinski definition) is 2. The van der Waals surface area contributed by atoms with E-state index in [4.69, 9.17) is 0 Å². The summed E-state index contributed by atoms with van der Waals surface area (Å²) in [5.74, 6) is 1.05. The highest BCUT2D eigenvalue weighted by molar-refractivity contribution is 8.00. The van der Waals surface area contributed by atoms with Crippen molar-refractivity contribution in [3.8, 4) is 0 Å². The van der Waals surface area contributed by atoms with Crippen LogP contribution in [0.5, 0.6) is 0 Å². The van der Waals surface area contributed by atoms with Gasteiger partial charge in [0.2, 0.25) is 0 Å². The first-order valence-corrected chi connectivity index (χ1v) is 6.01. The highest BCUT2D eigenvalue weighted by Gasteiger charge is 1.95. The Morgan fingerprint density at radius 3 is 2.93 bits per heavy atom. The van der Waals surface area contributed by atoms with Crippen LogP contribution in [0.2, 0.25) is 0 Å². The monoisotopic (exact) mass is 222 g/mol. The minimum absolute atomic E-state index is 1.01. The SMILES string of the molecule is C=C(C)c1cccc(NSCCNC)c1. The lowest BCUT2D eigenvalue weighted by Gasteiger charge is -2.07. The number of hydrogen-bond acceptors (Lipinski definition) is 3. The van der Waals surface area contributed by atoms with Crippen LogP contribution in [-0.2, 0) is 0 Å². The van der Waals surface area contributed by atoms with Gasteiger partial charge in [0.05, 0.1) is 0 Å². The van der Waals surface area contributed by atoms with Gasteiger partial charge in [0, 0.05) is 18.0 Å². The highest BCUT2D eigenvalue weighted by Crippen LogP contribution is 2.18. The Bertz CT molecular complexity index is 323. The Morgan fingerprint density at radius 1 is 1.47 bits per heavy atom. The first kappa shape index (κ1) is 12.1. The van der Waals surface area contributed by atoms with E-state index in [9.17, 15) is 0 Å². The van der Waals surface area contributed by atoms with E-state index in [2.05, 4.69) is 34.8 Å². The molecular weight excluding hydrogens is 204 g/mol. The van der Waals surface area contributed by atoms with Crippen molar-refractivity contribution in [3.05, 3.63) is 36.4 Å². The van der Waals surface area contributed by atoms with Gasteiger partial charge < -0.3 is 10.0 Å². The second-order valence-corrected chi connectivity index (χ2v) is 4.32. The van der Waals surface area contributed by atoms with Crippen LogP contribution in [0.4, 0.5) is 5.69 Å². The second-order valence-electron chi connectivity index (χ2n) is 3.42. The molecule has 0 unspecified atom stereocenters. The van der Waals surface area contributed by atoms with Crippen LogP contribution in [-0.4, -0.2) is 19.3 Å². The average Bonchev–Trinajstić information content (AvgIpc) is 2.25. The zero-order chi connectivity index (χ0) is 11.1. The lowest BCUT2D eigenvalue weighted by Crippen LogP contribution is -2.10. The third-order valence-electron chi connectivity index (χ3n) is 2.00. The summed E-state index contributed by atoms with van der Waals surface area (Å²) in [5.41, 5.74) is 3.42. The zero-order valence-corrected chi connectivity index (χ0v) is 10.2. The molecule has 0 amide bonds. The van der Waals surface area contributed by atoms with E-state index < -0.39 is 0 Å². The zero-order valence-electron chi connectivity index (χ0n) is 9.34. The van der Waals surface area contributed by atoms with Crippen LogP contribution in [0.3, 0.4) is 0 Å². The van der Waals surface area contributed by atoms with Gasteiger partial charge in [0.25, 0.3) is 0 Å². The molecule has 0 fully saturated rings. The fourth-order valence-corrected chi connectivity index (χ4v) is 1.84. The van der Waals surface area contributed by atoms with Gasteiger partial charge in [0.15, 0.2) is 0 Å². The standard InChI is InChI=1S/C12H18N2S/c1-10(2)11-5-4-6-12(9-11)14-15-8-7-13-3/h4-6,9,13-14H,1,7-8H2,2-3H3. The van der Waals surface area contributed by atoms with Crippen molar-refractivity contribution in [2.45, 2.75) is 6.92 Å². The fraction of sp³-hybridized carbons (Fsp3) is 0.333. The molecule has 0 heterocycles.